The molecule has 1 aromatic carbocycles. The quantitative estimate of drug-likeness (QED) is 0.854. The van der Waals surface area contributed by atoms with Gasteiger partial charge in [0.2, 0.25) is 0 Å². The van der Waals surface area contributed by atoms with Crippen molar-refractivity contribution in [2.75, 3.05) is 0 Å². The van der Waals surface area contributed by atoms with Gasteiger partial charge in [0, 0.05) is 17.0 Å². The van der Waals surface area contributed by atoms with Crippen molar-refractivity contribution in [2.45, 2.75) is 32.1 Å². The van der Waals surface area contributed by atoms with E-state index in [0.717, 1.165) is 19.3 Å². The van der Waals surface area contributed by atoms with E-state index in [0.29, 0.717) is 23.4 Å². The first-order valence-corrected chi connectivity index (χ1v) is 6.97. The maximum atomic E-state index is 12.2. The summed E-state index contributed by atoms with van der Waals surface area (Å²) in [6.07, 6.45) is 3.80. The van der Waals surface area contributed by atoms with Crippen molar-refractivity contribution in [1.82, 2.24) is 0 Å². The topological polar surface area (TPSA) is 54.4 Å². The van der Waals surface area contributed by atoms with E-state index in [9.17, 15) is 14.7 Å². The first kappa shape index (κ1) is 14.1. The predicted octanol–water partition coefficient (Wildman–Crippen LogP) is 3.80. The van der Waals surface area contributed by atoms with Gasteiger partial charge in [0.15, 0.2) is 5.78 Å². The Hall–Kier alpha value is -1.35. The molecule has 0 radical (unpaired) electrons. The summed E-state index contributed by atoms with van der Waals surface area (Å²) in [6, 6.07) is 6.77. The van der Waals surface area contributed by atoms with E-state index in [1.807, 2.05) is 0 Å². The van der Waals surface area contributed by atoms with Crippen molar-refractivity contribution >= 4 is 23.4 Å². The van der Waals surface area contributed by atoms with Gasteiger partial charge in [0.05, 0.1) is 5.92 Å². The molecule has 1 fully saturated rings. The minimum absolute atomic E-state index is 0.00909. The lowest BCUT2D eigenvalue weighted by atomic mass is 9.76. The Balaban J connectivity index is 2.04. The van der Waals surface area contributed by atoms with Crippen LogP contribution in [0.15, 0.2) is 24.3 Å². The fourth-order valence-electron chi connectivity index (χ4n) is 2.77. The maximum Gasteiger partial charge on any atom is 0.306 e. The van der Waals surface area contributed by atoms with Gasteiger partial charge in [-0.05, 0) is 43.0 Å². The van der Waals surface area contributed by atoms with Gasteiger partial charge in [-0.3, -0.25) is 9.59 Å². The monoisotopic (exact) mass is 280 g/mol. The van der Waals surface area contributed by atoms with Crippen LogP contribution in [0.2, 0.25) is 5.02 Å². The van der Waals surface area contributed by atoms with Crippen molar-refractivity contribution in [1.29, 1.82) is 0 Å². The predicted molar refractivity (Wildman–Crippen MR) is 73.5 cm³/mol. The summed E-state index contributed by atoms with van der Waals surface area (Å²) in [4.78, 5) is 23.4. The molecule has 3 nitrogen and oxygen atoms in total. The van der Waals surface area contributed by atoms with Crippen molar-refractivity contribution < 1.29 is 14.7 Å². The molecular formula is C15H17ClO3. The van der Waals surface area contributed by atoms with Crippen molar-refractivity contribution in [3.8, 4) is 0 Å². The van der Waals surface area contributed by atoms with Crippen LogP contribution in [0.3, 0.4) is 0 Å². The number of carboxylic acids is 1. The molecule has 0 aliphatic heterocycles. The average Bonchev–Trinajstić information content (AvgIpc) is 2.39. The maximum absolute atomic E-state index is 12.2. The molecule has 1 aliphatic carbocycles. The second-order valence-electron chi connectivity index (χ2n) is 5.12. The molecule has 1 aliphatic rings. The van der Waals surface area contributed by atoms with E-state index in [1.54, 1.807) is 24.3 Å². The third-order valence-corrected chi connectivity index (χ3v) is 4.09. The molecule has 2 atom stereocenters. The normalized spacial score (nSPS) is 23.0. The Labute approximate surface area is 117 Å². The second-order valence-corrected chi connectivity index (χ2v) is 5.56. The molecule has 102 valence electrons. The number of rotatable bonds is 4. The zero-order valence-corrected chi connectivity index (χ0v) is 11.4. The Morgan fingerprint density at radius 1 is 1.16 bits per heavy atom. The number of aliphatic carboxylic acids is 1. The molecule has 1 aromatic rings. The molecule has 0 bridgehead atoms. The van der Waals surface area contributed by atoms with Crippen LogP contribution in [0, 0.1) is 11.8 Å². The third kappa shape index (κ3) is 3.57. The minimum Gasteiger partial charge on any atom is -0.481 e. The van der Waals surface area contributed by atoms with Crippen LogP contribution in [0.1, 0.15) is 42.5 Å². The first-order chi connectivity index (χ1) is 9.08. The van der Waals surface area contributed by atoms with E-state index in [1.165, 1.54) is 0 Å². The van der Waals surface area contributed by atoms with Crippen LogP contribution in [0.25, 0.3) is 0 Å². The summed E-state index contributed by atoms with van der Waals surface area (Å²) in [5.74, 6) is -1.16. The summed E-state index contributed by atoms with van der Waals surface area (Å²) < 4.78 is 0. The highest BCUT2D eigenvalue weighted by Crippen LogP contribution is 2.33. The highest BCUT2D eigenvalue weighted by molar-refractivity contribution is 6.30. The van der Waals surface area contributed by atoms with Gasteiger partial charge in [0.1, 0.15) is 0 Å². The van der Waals surface area contributed by atoms with Crippen LogP contribution in [-0.4, -0.2) is 16.9 Å². The number of carbonyl (C=O) groups is 2. The molecule has 0 spiro atoms. The Morgan fingerprint density at radius 2 is 1.79 bits per heavy atom. The Bertz CT molecular complexity index is 467. The van der Waals surface area contributed by atoms with Crippen molar-refractivity contribution in [3.05, 3.63) is 34.9 Å². The highest BCUT2D eigenvalue weighted by Gasteiger charge is 2.32. The van der Waals surface area contributed by atoms with Crippen LogP contribution in [0.5, 0.6) is 0 Å². The smallest absolute Gasteiger partial charge is 0.306 e. The average molecular weight is 281 g/mol. The Morgan fingerprint density at radius 3 is 2.42 bits per heavy atom. The van der Waals surface area contributed by atoms with E-state index < -0.39 is 5.97 Å². The fourth-order valence-corrected chi connectivity index (χ4v) is 2.89. The van der Waals surface area contributed by atoms with Crippen molar-refractivity contribution in [2.24, 2.45) is 11.8 Å². The molecule has 1 saturated carbocycles. The van der Waals surface area contributed by atoms with Crippen LogP contribution in [-0.2, 0) is 4.79 Å². The van der Waals surface area contributed by atoms with E-state index in [-0.39, 0.29) is 17.6 Å². The van der Waals surface area contributed by atoms with Gasteiger partial charge < -0.3 is 5.11 Å². The molecule has 0 unspecified atom stereocenters. The number of hydrogen-bond acceptors (Lipinski definition) is 2. The SMILES string of the molecule is O=C(C[C@@H]1CCCC[C@@H]1C(=O)O)c1ccc(Cl)cc1. The van der Waals surface area contributed by atoms with Crippen LogP contribution < -0.4 is 0 Å². The van der Waals surface area contributed by atoms with Crippen LogP contribution >= 0.6 is 11.6 Å². The summed E-state index contributed by atoms with van der Waals surface area (Å²) >= 11 is 5.78. The van der Waals surface area contributed by atoms with E-state index in [4.69, 9.17) is 11.6 Å². The molecular weight excluding hydrogens is 264 g/mol. The highest BCUT2D eigenvalue weighted by atomic mass is 35.5. The largest absolute Gasteiger partial charge is 0.481 e. The van der Waals surface area contributed by atoms with Crippen LogP contribution in [0.4, 0.5) is 0 Å². The van der Waals surface area contributed by atoms with Gasteiger partial charge >= 0.3 is 5.97 Å². The third-order valence-electron chi connectivity index (χ3n) is 3.84. The standard InChI is InChI=1S/C15H17ClO3/c16-12-7-5-10(6-8-12)14(17)9-11-3-1-2-4-13(11)15(18)19/h5-8,11,13H,1-4,9H2,(H,18,19)/t11-,13-/m0/s1. The second kappa shape index (κ2) is 6.20. The fraction of sp³-hybridized carbons (Fsp3) is 0.467. The molecule has 0 heterocycles. The summed E-state index contributed by atoms with van der Waals surface area (Å²) in [5, 5.41) is 9.79. The lowest BCUT2D eigenvalue weighted by molar-refractivity contribution is -0.144. The van der Waals surface area contributed by atoms with E-state index >= 15 is 0 Å². The lowest BCUT2D eigenvalue weighted by Gasteiger charge is -2.27. The van der Waals surface area contributed by atoms with Gasteiger partial charge in [-0.2, -0.15) is 0 Å². The summed E-state index contributed by atoms with van der Waals surface area (Å²) in [5.41, 5.74) is 0.610. The first-order valence-electron chi connectivity index (χ1n) is 6.59. The van der Waals surface area contributed by atoms with E-state index in [2.05, 4.69) is 0 Å². The zero-order valence-electron chi connectivity index (χ0n) is 10.6. The number of ketones is 1. The number of hydrogen-bond donors (Lipinski definition) is 1. The summed E-state index contributed by atoms with van der Waals surface area (Å²) in [7, 11) is 0. The molecule has 19 heavy (non-hydrogen) atoms. The van der Waals surface area contributed by atoms with Gasteiger partial charge in [-0.15, -0.1) is 0 Å². The molecule has 0 saturated heterocycles. The number of Topliss-reactive ketones (excluding diaryl/α,β-unsaturated/α-hetero) is 1. The zero-order chi connectivity index (χ0) is 13.8. The number of carbonyl (C=O) groups excluding carboxylic acids is 1. The number of carboxylic acid groups (broad SMARTS) is 1. The number of benzene rings is 1. The minimum atomic E-state index is -0.770. The number of halogens is 1. The Kier molecular flexibility index (Phi) is 4.59. The molecule has 1 N–H and O–H groups in total. The van der Waals surface area contributed by atoms with Gasteiger partial charge in [0.25, 0.3) is 0 Å². The summed E-state index contributed by atoms with van der Waals surface area (Å²) in [6.45, 7) is 0. The lowest BCUT2D eigenvalue weighted by Crippen LogP contribution is -2.28. The molecule has 0 amide bonds. The van der Waals surface area contributed by atoms with Gasteiger partial charge in [-0.1, -0.05) is 24.4 Å². The molecule has 0 aromatic heterocycles. The molecule has 4 heteroatoms. The van der Waals surface area contributed by atoms with Crippen molar-refractivity contribution in [3.63, 3.8) is 0 Å². The van der Waals surface area contributed by atoms with Gasteiger partial charge in [-0.25, -0.2) is 0 Å². The molecule has 2 rings (SSSR count).